The third-order valence-corrected chi connectivity index (χ3v) is 4.66. The molecule has 0 aromatic rings. The lowest BCUT2D eigenvalue weighted by Crippen LogP contribution is -2.42. The topological polar surface area (TPSA) is 0 Å². The highest BCUT2D eigenvalue weighted by molar-refractivity contribution is 9.09. The van der Waals surface area contributed by atoms with Gasteiger partial charge in [0.15, 0.2) is 0 Å². The van der Waals surface area contributed by atoms with Gasteiger partial charge in [0.25, 0.3) is 0 Å². The van der Waals surface area contributed by atoms with Crippen LogP contribution in [0, 0.1) is 17.3 Å². The molecule has 0 amide bonds. The van der Waals surface area contributed by atoms with Gasteiger partial charge in [0.2, 0.25) is 0 Å². The van der Waals surface area contributed by atoms with Crippen LogP contribution in [0.1, 0.15) is 46.5 Å². The van der Waals surface area contributed by atoms with E-state index in [0.29, 0.717) is 5.41 Å². The van der Waals surface area contributed by atoms with Gasteiger partial charge in [-0.05, 0) is 30.1 Å². The van der Waals surface area contributed by atoms with Crippen LogP contribution in [0.5, 0.6) is 0 Å². The Bertz CT molecular complexity index is 136. The first-order valence-corrected chi connectivity index (χ1v) is 6.32. The van der Waals surface area contributed by atoms with Gasteiger partial charge in [0, 0.05) is 5.33 Å². The molecule has 0 aliphatic heterocycles. The zero-order valence-electron chi connectivity index (χ0n) is 8.57. The third kappa shape index (κ3) is 1.86. The average Bonchev–Trinajstić information content (AvgIpc) is 1.98. The van der Waals surface area contributed by atoms with Crippen molar-refractivity contribution in [3.8, 4) is 0 Å². The average molecular weight is 233 g/mol. The van der Waals surface area contributed by atoms with Crippen LogP contribution in [0.2, 0.25) is 0 Å². The number of halogens is 1. The summed E-state index contributed by atoms with van der Waals surface area (Å²) in [6.07, 6.45) is 5.63. The summed E-state index contributed by atoms with van der Waals surface area (Å²) in [6, 6.07) is 0. The predicted octanol–water partition coefficient (Wildman–Crippen LogP) is 4.23. The molecule has 72 valence electrons. The van der Waals surface area contributed by atoms with E-state index in [4.69, 9.17) is 0 Å². The lowest BCUT2D eigenvalue weighted by Gasteiger charge is -2.50. The maximum Gasteiger partial charge on any atom is 0.00907 e. The molecule has 0 radical (unpaired) electrons. The van der Waals surface area contributed by atoms with Gasteiger partial charge in [-0.3, -0.25) is 0 Å². The molecule has 1 saturated carbocycles. The first kappa shape index (κ1) is 10.6. The van der Waals surface area contributed by atoms with E-state index in [2.05, 4.69) is 36.7 Å². The normalized spacial score (nSPS) is 37.5. The van der Waals surface area contributed by atoms with E-state index in [1.807, 2.05) is 0 Å². The highest BCUT2D eigenvalue weighted by atomic mass is 79.9. The highest BCUT2D eigenvalue weighted by Gasteiger charge is 2.44. The Morgan fingerprint density at radius 3 is 2.42 bits per heavy atom. The number of alkyl halides is 1. The van der Waals surface area contributed by atoms with Gasteiger partial charge in [-0.2, -0.15) is 0 Å². The lowest BCUT2D eigenvalue weighted by atomic mass is 9.57. The summed E-state index contributed by atoms with van der Waals surface area (Å²) in [5.74, 6) is 1.89. The molecule has 0 saturated heterocycles. The molecule has 0 nitrogen and oxygen atoms in total. The first-order valence-electron chi connectivity index (χ1n) is 5.20. The Morgan fingerprint density at radius 2 is 2.08 bits per heavy atom. The fraction of sp³-hybridized carbons (Fsp3) is 1.00. The Labute approximate surface area is 85.3 Å². The van der Waals surface area contributed by atoms with Crippen molar-refractivity contribution in [2.24, 2.45) is 17.3 Å². The molecule has 0 heterocycles. The molecule has 1 unspecified atom stereocenters. The molecule has 0 N–H and O–H groups in total. The van der Waals surface area contributed by atoms with Crippen molar-refractivity contribution in [3.05, 3.63) is 0 Å². The summed E-state index contributed by atoms with van der Waals surface area (Å²) in [4.78, 5) is 0. The van der Waals surface area contributed by atoms with Crippen LogP contribution in [0.25, 0.3) is 0 Å². The molecule has 1 aliphatic rings. The minimum Gasteiger partial charge on any atom is -0.0922 e. The molecule has 0 aromatic carbocycles. The van der Waals surface area contributed by atoms with Crippen molar-refractivity contribution in [2.75, 3.05) is 5.33 Å². The quantitative estimate of drug-likeness (QED) is 0.637. The Hall–Kier alpha value is 0.480. The summed E-state index contributed by atoms with van der Waals surface area (Å²) < 4.78 is 0. The molecule has 1 heteroatoms. The van der Waals surface area contributed by atoms with E-state index in [1.54, 1.807) is 0 Å². The molecule has 0 aromatic heterocycles. The summed E-state index contributed by atoms with van der Waals surface area (Å²) in [5.41, 5.74) is 0.662. The van der Waals surface area contributed by atoms with Crippen molar-refractivity contribution < 1.29 is 0 Å². The van der Waals surface area contributed by atoms with Crippen LogP contribution in [0.15, 0.2) is 0 Å². The summed E-state index contributed by atoms with van der Waals surface area (Å²) in [7, 11) is 0. The van der Waals surface area contributed by atoms with Gasteiger partial charge in [0.05, 0.1) is 0 Å². The standard InChI is InChI=1S/C11H21Br/c1-4-5-10(3)11(8-12)6-9(2)7-11/h9-10H,4-8H2,1-3H3. The maximum atomic E-state index is 3.68. The minimum atomic E-state index is 0.662. The van der Waals surface area contributed by atoms with E-state index in [1.165, 1.54) is 31.0 Å². The Morgan fingerprint density at radius 1 is 1.50 bits per heavy atom. The van der Waals surface area contributed by atoms with Crippen LogP contribution in [-0.4, -0.2) is 5.33 Å². The van der Waals surface area contributed by atoms with E-state index in [-0.39, 0.29) is 0 Å². The minimum absolute atomic E-state index is 0.662. The number of hydrogen-bond acceptors (Lipinski definition) is 0. The van der Waals surface area contributed by atoms with Gasteiger partial charge >= 0.3 is 0 Å². The van der Waals surface area contributed by atoms with E-state index >= 15 is 0 Å². The first-order chi connectivity index (χ1) is 5.64. The Balaban J connectivity index is 2.45. The van der Waals surface area contributed by atoms with Crippen LogP contribution in [-0.2, 0) is 0 Å². The molecule has 1 fully saturated rings. The van der Waals surface area contributed by atoms with Gasteiger partial charge in [-0.15, -0.1) is 0 Å². The Kier molecular flexibility index (Phi) is 3.63. The second kappa shape index (κ2) is 4.13. The molecular formula is C11H21Br. The van der Waals surface area contributed by atoms with E-state index in [0.717, 1.165) is 11.8 Å². The zero-order valence-corrected chi connectivity index (χ0v) is 10.2. The van der Waals surface area contributed by atoms with Crippen LogP contribution in [0.4, 0.5) is 0 Å². The highest BCUT2D eigenvalue weighted by Crippen LogP contribution is 2.52. The lowest BCUT2D eigenvalue weighted by molar-refractivity contribution is 0.0294. The largest absolute Gasteiger partial charge is 0.0922 e. The molecule has 1 atom stereocenters. The molecule has 0 spiro atoms. The fourth-order valence-electron chi connectivity index (χ4n) is 2.71. The van der Waals surface area contributed by atoms with Crippen LogP contribution >= 0.6 is 15.9 Å². The SMILES string of the molecule is CCCC(C)C1(CBr)CC(C)C1. The van der Waals surface area contributed by atoms with Crippen molar-refractivity contribution in [1.29, 1.82) is 0 Å². The van der Waals surface area contributed by atoms with Crippen molar-refractivity contribution >= 4 is 15.9 Å². The van der Waals surface area contributed by atoms with E-state index < -0.39 is 0 Å². The molecule has 0 bridgehead atoms. The molecule has 1 aliphatic carbocycles. The maximum absolute atomic E-state index is 3.68. The molecular weight excluding hydrogens is 212 g/mol. The second-order valence-corrected chi connectivity index (χ2v) is 5.26. The van der Waals surface area contributed by atoms with Gasteiger partial charge in [-0.1, -0.05) is 49.5 Å². The van der Waals surface area contributed by atoms with Crippen LogP contribution in [0.3, 0.4) is 0 Å². The monoisotopic (exact) mass is 232 g/mol. The van der Waals surface area contributed by atoms with Gasteiger partial charge in [-0.25, -0.2) is 0 Å². The fourth-order valence-corrected chi connectivity index (χ4v) is 3.72. The number of rotatable bonds is 4. The third-order valence-electron chi connectivity index (χ3n) is 3.54. The zero-order chi connectivity index (χ0) is 9.19. The molecule has 1 rings (SSSR count). The summed E-state index contributed by atoms with van der Waals surface area (Å²) in [6.45, 7) is 7.09. The second-order valence-electron chi connectivity index (χ2n) is 4.70. The van der Waals surface area contributed by atoms with Gasteiger partial charge < -0.3 is 0 Å². The summed E-state index contributed by atoms with van der Waals surface area (Å²) >= 11 is 3.68. The molecule has 12 heavy (non-hydrogen) atoms. The smallest absolute Gasteiger partial charge is 0.00907 e. The van der Waals surface area contributed by atoms with Crippen molar-refractivity contribution in [2.45, 2.75) is 46.5 Å². The summed E-state index contributed by atoms with van der Waals surface area (Å²) in [5, 5.41) is 1.21. The van der Waals surface area contributed by atoms with Crippen molar-refractivity contribution in [1.82, 2.24) is 0 Å². The predicted molar refractivity (Wildman–Crippen MR) is 58.7 cm³/mol. The van der Waals surface area contributed by atoms with Gasteiger partial charge in [0.1, 0.15) is 0 Å². The van der Waals surface area contributed by atoms with Crippen molar-refractivity contribution in [3.63, 3.8) is 0 Å². The van der Waals surface area contributed by atoms with E-state index in [9.17, 15) is 0 Å². The van der Waals surface area contributed by atoms with Crippen LogP contribution < -0.4 is 0 Å². The number of hydrogen-bond donors (Lipinski definition) is 0.